The molecule has 0 radical (unpaired) electrons. The van der Waals surface area contributed by atoms with Gasteiger partial charge in [-0.25, -0.2) is 0 Å². The first-order valence-electron chi connectivity index (χ1n) is 12.1. The summed E-state index contributed by atoms with van der Waals surface area (Å²) in [5.74, 6) is 0. The number of aromatic nitrogens is 1. The zero-order chi connectivity index (χ0) is 23.0. The van der Waals surface area contributed by atoms with E-state index in [1.807, 2.05) is 6.20 Å². The van der Waals surface area contributed by atoms with Crippen LogP contribution in [0.2, 0.25) is 0 Å². The fraction of sp³-hybridized carbons (Fsp3) is 0.281. The zero-order valence-corrected chi connectivity index (χ0v) is 20.3. The van der Waals surface area contributed by atoms with Crippen molar-refractivity contribution in [1.82, 2.24) is 4.98 Å². The predicted octanol–water partition coefficient (Wildman–Crippen LogP) is 8.87. The van der Waals surface area contributed by atoms with Crippen molar-refractivity contribution < 1.29 is 0 Å². The van der Waals surface area contributed by atoms with Gasteiger partial charge in [0.05, 0.1) is 5.69 Å². The lowest BCUT2D eigenvalue weighted by Crippen LogP contribution is -2.34. The number of hydrogen-bond acceptors (Lipinski definition) is 1. The Morgan fingerprint density at radius 3 is 2.21 bits per heavy atom. The molecule has 164 valence electrons. The van der Waals surface area contributed by atoms with E-state index in [-0.39, 0.29) is 10.8 Å². The Bertz CT molecular complexity index is 1570. The lowest BCUT2D eigenvalue weighted by molar-refractivity contribution is 0.334. The number of hydrogen-bond donors (Lipinski definition) is 0. The minimum Gasteiger partial charge on any atom is -0.256 e. The molecule has 0 fully saturated rings. The maximum Gasteiger partial charge on any atom is 0.0780 e. The van der Waals surface area contributed by atoms with Gasteiger partial charge in [0.15, 0.2) is 0 Å². The molecule has 0 N–H and O–H groups in total. The Morgan fingerprint density at radius 1 is 0.667 bits per heavy atom. The Labute approximate surface area is 196 Å². The van der Waals surface area contributed by atoms with E-state index in [1.165, 1.54) is 67.4 Å². The molecule has 5 aromatic rings. The molecule has 1 heteroatoms. The summed E-state index contributed by atoms with van der Waals surface area (Å²) in [6, 6.07) is 24.8. The van der Waals surface area contributed by atoms with E-state index in [2.05, 4.69) is 101 Å². The van der Waals surface area contributed by atoms with Crippen LogP contribution >= 0.6 is 0 Å². The van der Waals surface area contributed by atoms with Crippen LogP contribution in [0.1, 0.15) is 57.2 Å². The van der Waals surface area contributed by atoms with Gasteiger partial charge in [-0.3, -0.25) is 4.98 Å². The van der Waals surface area contributed by atoms with Gasteiger partial charge < -0.3 is 0 Å². The molecule has 1 aromatic heterocycles. The average Bonchev–Trinajstić information content (AvgIpc) is 2.81. The second kappa shape index (κ2) is 6.90. The van der Waals surface area contributed by atoms with Gasteiger partial charge in [0.25, 0.3) is 0 Å². The van der Waals surface area contributed by atoms with Gasteiger partial charge >= 0.3 is 0 Å². The molecule has 33 heavy (non-hydrogen) atoms. The first kappa shape index (κ1) is 20.4. The number of fused-ring (bicyclic) bond motifs is 6. The largest absolute Gasteiger partial charge is 0.256 e. The van der Waals surface area contributed by atoms with Crippen LogP contribution in [0, 0.1) is 6.92 Å². The average molecular weight is 430 g/mol. The Balaban J connectivity index is 1.65. The molecule has 0 spiro atoms. The number of pyridine rings is 1. The van der Waals surface area contributed by atoms with E-state index >= 15 is 0 Å². The van der Waals surface area contributed by atoms with Crippen LogP contribution in [-0.2, 0) is 10.8 Å². The minimum absolute atomic E-state index is 0.184. The monoisotopic (exact) mass is 429 g/mol. The number of aryl methyl sites for hydroxylation is 1. The lowest BCUT2D eigenvalue weighted by Gasteiger charge is -2.42. The SMILES string of the molecule is Cc1cc(-c2nccc3c2ccc2c4c(ccc23)C(C)(C)CCC4(C)C)cc2ccccc12. The Hall–Kier alpha value is -3.19. The molecule has 4 aromatic carbocycles. The third-order valence-electron chi connectivity index (χ3n) is 8.07. The summed E-state index contributed by atoms with van der Waals surface area (Å²) in [5.41, 5.74) is 7.02. The van der Waals surface area contributed by atoms with Crippen molar-refractivity contribution in [2.24, 2.45) is 0 Å². The second-order valence-corrected chi connectivity index (χ2v) is 11.2. The Morgan fingerprint density at radius 2 is 1.36 bits per heavy atom. The van der Waals surface area contributed by atoms with Crippen molar-refractivity contribution in [1.29, 1.82) is 0 Å². The predicted molar refractivity (Wildman–Crippen MR) is 142 cm³/mol. The summed E-state index contributed by atoms with van der Waals surface area (Å²) in [6.07, 6.45) is 4.44. The molecule has 0 unspecified atom stereocenters. The first-order valence-corrected chi connectivity index (χ1v) is 12.1. The van der Waals surface area contributed by atoms with Crippen molar-refractivity contribution in [3.05, 3.63) is 89.6 Å². The van der Waals surface area contributed by atoms with Crippen LogP contribution in [-0.4, -0.2) is 4.98 Å². The van der Waals surface area contributed by atoms with E-state index in [0.717, 1.165) is 5.69 Å². The van der Waals surface area contributed by atoms with Crippen LogP contribution in [0.15, 0.2) is 72.9 Å². The maximum atomic E-state index is 4.87. The molecule has 1 nitrogen and oxygen atoms in total. The van der Waals surface area contributed by atoms with Gasteiger partial charge in [-0.05, 0) is 92.4 Å². The fourth-order valence-corrected chi connectivity index (χ4v) is 6.12. The summed E-state index contributed by atoms with van der Waals surface area (Å²) in [6.45, 7) is 11.8. The molecule has 1 aliphatic carbocycles. The van der Waals surface area contributed by atoms with Crippen molar-refractivity contribution in [2.75, 3.05) is 0 Å². The van der Waals surface area contributed by atoms with Crippen molar-refractivity contribution in [2.45, 2.75) is 58.3 Å². The highest BCUT2D eigenvalue weighted by atomic mass is 14.7. The smallest absolute Gasteiger partial charge is 0.0780 e. The molecular weight excluding hydrogens is 398 g/mol. The highest BCUT2D eigenvalue weighted by Crippen LogP contribution is 2.49. The van der Waals surface area contributed by atoms with E-state index < -0.39 is 0 Å². The molecule has 0 bridgehead atoms. The standard InChI is InChI=1S/C32H31N/c1-20-18-22(19-21-8-6-7-9-23(20)21)30-27-11-10-26-24(25(27)14-17-33-30)12-13-28-29(26)32(4,5)16-15-31(28,2)3/h6-14,17-19H,15-16H2,1-5H3. The topological polar surface area (TPSA) is 12.9 Å². The third-order valence-corrected chi connectivity index (χ3v) is 8.07. The van der Waals surface area contributed by atoms with Gasteiger partial charge in [-0.15, -0.1) is 0 Å². The summed E-state index contributed by atoms with van der Waals surface area (Å²) >= 11 is 0. The number of nitrogens with zero attached hydrogens (tertiary/aromatic N) is 1. The molecule has 0 amide bonds. The minimum atomic E-state index is 0.184. The lowest BCUT2D eigenvalue weighted by atomic mass is 9.62. The van der Waals surface area contributed by atoms with Crippen molar-refractivity contribution in [3.8, 4) is 11.3 Å². The highest BCUT2D eigenvalue weighted by Gasteiger charge is 2.38. The van der Waals surface area contributed by atoms with Gasteiger partial charge in [0.1, 0.15) is 0 Å². The number of rotatable bonds is 1. The molecule has 0 atom stereocenters. The normalized spacial score (nSPS) is 16.9. The fourth-order valence-electron chi connectivity index (χ4n) is 6.12. The third kappa shape index (κ3) is 3.02. The van der Waals surface area contributed by atoms with Crippen LogP contribution in [0.3, 0.4) is 0 Å². The van der Waals surface area contributed by atoms with Crippen LogP contribution in [0.4, 0.5) is 0 Å². The van der Waals surface area contributed by atoms with Crippen molar-refractivity contribution in [3.63, 3.8) is 0 Å². The molecular formula is C32H31N. The van der Waals surface area contributed by atoms with Gasteiger partial charge in [-0.1, -0.05) is 76.2 Å². The van der Waals surface area contributed by atoms with E-state index in [9.17, 15) is 0 Å². The van der Waals surface area contributed by atoms with Gasteiger partial charge in [0.2, 0.25) is 0 Å². The van der Waals surface area contributed by atoms with Gasteiger partial charge in [0, 0.05) is 17.1 Å². The van der Waals surface area contributed by atoms with Gasteiger partial charge in [-0.2, -0.15) is 0 Å². The molecule has 1 aliphatic rings. The molecule has 6 rings (SSSR count). The van der Waals surface area contributed by atoms with Crippen LogP contribution < -0.4 is 0 Å². The van der Waals surface area contributed by atoms with Crippen LogP contribution in [0.5, 0.6) is 0 Å². The molecule has 0 saturated carbocycles. The Kier molecular flexibility index (Phi) is 4.27. The molecule has 0 aliphatic heterocycles. The maximum absolute atomic E-state index is 4.87. The van der Waals surface area contributed by atoms with E-state index in [0.29, 0.717) is 0 Å². The molecule has 1 heterocycles. The highest BCUT2D eigenvalue weighted by molar-refractivity contribution is 6.13. The van der Waals surface area contributed by atoms with Crippen LogP contribution in [0.25, 0.3) is 43.6 Å². The summed E-state index contributed by atoms with van der Waals surface area (Å²) in [7, 11) is 0. The quantitative estimate of drug-likeness (QED) is 0.242. The van der Waals surface area contributed by atoms with Crippen molar-refractivity contribution >= 4 is 32.3 Å². The zero-order valence-electron chi connectivity index (χ0n) is 20.3. The second-order valence-electron chi connectivity index (χ2n) is 11.2. The summed E-state index contributed by atoms with van der Waals surface area (Å²) in [5, 5.41) is 7.86. The van der Waals surface area contributed by atoms with E-state index in [1.54, 1.807) is 0 Å². The summed E-state index contributed by atoms with van der Waals surface area (Å²) in [4.78, 5) is 4.87. The van der Waals surface area contributed by atoms with E-state index in [4.69, 9.17) is 4.98 Å². The molecule has 0 saturated heterocycles. The summed E-state index contributed by atoms with van der Waals surface area (Å²) < 4.78 is 0. The number of benzene rings is 4. The first-order chi connectivity index (χ1) is 15.8.